The van der Waals surface area contributed by atoms with Gasteiger partial charge in [-0.1, -0.05) is 30.3 Å². The molecule has 0 fully saturated rings. The summed E-state index contributed by atoms with van der Waals surface area (Å²) in [4.78, 5) is 16.0. The van der Waals surface area contributed by atoms with Crippen molar-refractivity contribution >= 4 is 28.5 Å². The third-order valence-corrected chi connectivity index (χ3v) is 3.99. The molecule has 0 saturated heterocycles. The fraction of sp³-hybridized carbons (Fsp3) is 0.158. The van der Waals surface area contributed by atoms with Crippen molar-refractivity contribution in [1.29, 1.82) is 0 Å². The van der Waals surface area contributed by atoms with Crippen LogP contribution in [0.2, 0.25) is 5.02 Å². The van der Waals surface area contributed by atoms with Gasteiger partial charge in [-0.05, 0) is 42.5 Å². The van der Waals surface area contributed by atoms with Crippen molar-refractivity contribution in [2.75, 3.05) is 6.61 Å². The predicted molar refractivity (Wildman–Crippen MR) is 98.7 cm³/mol. The molecule has 0 bridgehead atoms. The maximum atomic E-state index is 11.4. The Balaban J connectivity index is 1.74. The van der Waals surface area contributed by atoms with Crippen molar-refractivity contribution in [2.24, 2.45) is 0 Å². The standard InChI is InChI=1S/C19H18ClN3O2/c1-2-19(24)21-13-18-22-16-5-3-4-6-17(16)23(18)11-12-25-15-9-7-14(20)8-10-15/h2-10H,1,11-13H2,(H,21,24). The minimum Gasteiger partial charge on any atom is -0.492 e. The van der Waals surface area contributed by atoms with Crippen molar-refractivity contribution in [3.63, 3.8) is 0 Å². The van der Waals surface area contributed by atoms with E-state index in [2.05, 4.69) is 21.4 Å². The Hall–Kier alpha value is -2.79. The maximum Gasteiger partial charge on any atom is 0.243 e. The van der Waals surface area contributed by atoms with Crippen LogP contribution in [0.5, 0.6) is 5.75 Å². The average Bonchev–Trinajstić information content (AvgIpc) is 2.99. The quantitative estimate of drug-likeness (QED) is 0.659. The average molecular weight is 356 g/mol. The number of rotatable bonds is 7. The summed E-state index contributed by atoms with van der Waals surface area (Å²) in [6.45, 7) is 4.88. The van der Waals surface area contributed by atoms with Crippen LogP contribution in [0.25, 0.3) is 11.0 Å². The Bertz CT molecular complexity index is 887. The highest BCUT2D eigenvalue weighted by Crippen LogP contribution is 2.18. The lowest BCUT2D eigenvalue weighted by Crippen LogP contribution is -2.23. The molecule has 5 nitrogen and oxygen atoms in total. The van der Waals surface area contributed by atoms with E-state index in [1.807, 2.05) is 36.4 Å². The molecule has 1 aromatic heterocycles. The molecular weight excluding hydrogens is 338 g/mol. The summed E-state index contributed by atoms with van der Waals surface area (Å²) in [7, 11) is 0. The number of ether oxygens (including phenoxy) is 1. The Morgan fingerprint density at radius 1 is 1.24 bits per heavy atom. The van der Waals surface area contributed by atoms with Crippen molar-refractivity contribution in [1.82, 2.24) is 14.9 Å². The minimum atomic E-state index is -0.226. The molecular formula is C19H18ClN3O2. The second-order valence-electron chi connectivity index (χ2n) is 5.39. The maximum absolute atomic E-state index is 11.4. The van der Waals surface area contributed by atoms with Gasteiger partial charge in [-0.2, -0.15) is 0 Å². The molecule has 1 amide bonds. The number of fused-ring (bicyclic) bond motifs is 1. The molecule has 0 radical (unpaired) electrons. The van der Waals surface area contributed by atoms with Crippen LogP contribution in [0.4, 0.5) is 0 Å². The lowest BCUT2D eigenvalue weighted by molar-refractivity contribution is -0.116. The van der Waals surface area contributed by atoms with Gasteiger partial charge in [0.15, 0.2) is 0 Å². The second-order valence-corrected chi connectivity index (χ2v) is 5.83. The van der Waals surface area contributed by atoms with Gasteiger partial charge in [0.2, 0.25) is 5.91 Å². The second kappa shape index (κ2) is 7.85. The summed E-state index contributed by atoms with van der Waals surface area (Å²) in [6, 6.07) is 15.1. The van der Waals surface area contributed by atoms with Gasteiger partial charge in [0, 0.05) is 5.02 Å². The number of amides is 1. The third kappa shape index (κ3) is 4.19. The van der Waals surface area contributed by atoms with E-state index < -0.39 is 0 Å². The topological polar surface area (TPSA) is 56.2 Å². The number of aromatic nitrogens is 2. The molecule has 0 saturated carbocycles. The van der Waals surface area contributed by atoms with E-state index in [9.17, 15) is 4.79 Å². The van der Waals surface area contributed by atoms with Gasteiger partial charge in [-0.25, -0.2) is 4.98 Å². The largest absolute Gasteiger partial charge is 0.492 e. The SMILES string of the molecule is C=CC(=O)NCc1nc2ccccc2n1CCOc1ccc(Cl)cc1. The van der Waals surface area contributed by atoms with Crippen LogP contribution in [-0.2, 0) is 17.9 Å². The summed E-state index contributed by atoms with van der Waals surface area (Å²) in [6.07, 6.45) is 1.25. The first kappa shape index (κ1) is 17.0. The first-order chi connectivity index (χ1) is 12.2. The number of nitrogens with one attached hydrogen (secondary N) is 1. The molecule has 3 aromatic rings. The number of imidazole rings is 1. The van der Waals surface area contributed by atoms with Crippen LogP contribution in [0, 0.1) is 0 Å². The minimum absolute atomic E-state index is 0.226. The number of carbonyl (C=O) groups excluding carboxylic acids is 1. The smallest absolute Gasteiger partial charge is 0.243 e. The highest BCUT2D eigenvalue weighted by Gasteiger charge is 2.11. The van der Waals surface area contributed by atoms with Gasteiger partial charge in [0.05, 0.1) is 24.1 Å². The summed E-state index contributed by atoms with van der Waals surface area (Å²) in [5, 5.41) is 3.44. The van der Waals surface area contributed by atoms with Gasteiger partial charge in [-0.15, -0.1) is 0 Å². The molecule has 3 rings (SSSR count). The lowest BCUT2D eigenvalue weighted by Gasteiger charge is -2.11. The van der Waals surface area contributed by atoms with Gasteiger partial charge in [-0.3, -0.25) is 4.79 Å². The summed E-state index contributed by atoms with van der Waals surface area (Å²) >= 11 is 5.88. The Morgan fingerprint density at radius 2 is 2.00 bits per heavy atom. The summed E-state index contributed by atoms with van der Waals surface area (Å²) in [5.74, 6) is 1.31. The normalized spacial score (nSPS) is 10.6. The fourth-order valence-corrected chi connectivity index (χ4v) is 2.66. The Kier molecular flexibility index (Phi) is 5.36. The van der Waals surface area contributed by atoms with Gasteiger partial charge in [0.1, 0.15) is 18.2 Å². The number of hydrogen-bond donors (Lipinski definition) is 1. The van der Waals surface area contributed by atoms with Crippen LogP contribution in [-0.4, -0.2) is 22.1 Å². The van der Waals surface area contributed by atoms with Crippen LogP contribution in [0.15, 0.2) is 61.2 Å². The van der Waals surface area contributed by atoms with Gasteiger partial charge < -0.3 is 14.6 Å². The van der Waals surface area contributed by atoms with E-state index in [1.54, 1.807) is 12.1 Å². The molecule has 2 aromatic carbocycles. The monoisotopic (exact) mass is 355 g/mol. The van der Waals surface area contributed by atoms with E-state index in [0.29, 0.717) is 24.7 Å². The first-order valence-corrected chi connectivity index (χ1v) is 8.28. The zero-order valence-electron chi connectivity index (χ0n) is 13.6. The van der Waals surface area contributed by atoms with E-state index in [4.69, 9.17) is 16.3 Å². The third-order valence-electron chi connectivity index (χ3n) is 3.74. The van der Waals surface area contributed by atoms with Crippen LogP contribution < -0.4 is 10.1 Å². The summed E-state index contributed by atoms with van der Waals surface area (Å²) in [5.41, 5.74) is 1.89. The molecule has 0 aliphatic heterocycles. The molecule has 0 atom stereocenters. The molecule has 0 aliphatic carbocycles. The number of carbonyl (C=O) groups is 1. The van der Waals surface area contributed by atoms with Gasteiger partial charge >= 0.3 is 0 Å². The predicted octanol–water partition coefficient (Wildman–Crippen LogP) is 3.57. The molecule has 0 aliphatic rings. The number of para-hydroxylation sites is 2. The number of nitrogens with zero attached hydrogens (tertiary/aromatic N) is 2. The summed E-state index contributed by atoms with van der Waals surface area (Å²) < 4.78 is 7.82. The van der Waals surface area contributed by atoms with Gasteiger partial charge in [0.25, 0.3) is 0 Å². The molecule has 1 N–H and O–H groups in total. The Morgan fingerprint density at radius 3 is 2.76 bits per heavy atom. The van der Waals surface area contributed by atoms with Crippen LogP contribution in [0.3, 0.4) is 0 Å². The number of hydrogen-bond acceptors (Lipinski definition) is 3. The first-order valence-electron chi connectivity index (χ1n) is 7.90. The molecule has 25 heavy (non-hydrogen) atoms. The number of benzene rings is 2. The lowest BCUT2D eigenvalue weighted by atomic mass is 10.3. The van der Waals surface area contributed by atoms with Crippen molar-refractivity contribution in [2.45, 2.75) is 13.1 Å². The van der Waals surface area contributed by atoms with Crippen LogP contribution >= 0.6 is 11.6 Å². The van der Waals surface area contributed by atoms with Crippen LogP contribution in [0.1, 0.15) is 5.82 Å². The molecule has 0 spiro atoms. The highest BCUT2D eigenvalue weighted by molar-refractivity contribution is 6.30. The van der Waals surface area contributed by atoms with E-state index in [1.165, 1.54) is 6.08 Å². The van der Waals surface area contributed by atoms with E-state index in [0.717, 1.165) is 22.6 Å². The van der Waals surface area contributed by atoms with E-state index in [-0.39, 0.29) is 5.91 Å². The van der Waals surface area contributed by atoms with Crippen molar-refractivity contribution in [3.05, 3.63) is 72.0 Å². The van der Waals surface area contributed by atoms with Crippen molar-refractivity contribution in [3.8, 4) is 5.75 Å². The van der Waals surface area contributed by atoms with Crippen molar-refractivity contribution < 1.29 is 9.53 Å². The molecule has 6 heteroatoms. The zero-order chi connectivity index (χ0) is 17.6. The molecule has 128 valence electrons. The molecule has 0 unspecified atom stereocenters. The fourth-order valence-electron chi connectivity index (χ4n) is 2.53. The Labute approximate surface area is 150 Å². The van der Waals surface area contributed by atoms with E-state index >= 15 is 0 Å². The molecule has 1 heterocycles. The highest BCUT2D eigenvalue weighted by atomic mass is 35.5. The zero-order valence-corrected chi connectivity index (χ0v) is 14.4. The number of halogens is 1.